The predicted molar refractivity (Wildman–Crippen MR) is 98.4 cm³/mol. The van der Waals surface area contributed by atoms with Gasteiger partial charge in [-0.2, -0.15) is 5.10 Å². The molecule has 0 aromatic heterocycles. The van der Waals surface area contributed by atoms with E-state index in [1.54, 1.807) is 0 Å². The zero-order chi connectivity index (χ0) is 17.5. The lowest BCUT2D eigenvalue weighted by atomic mass is 10.1. The third-order valence-corrected chi connectivity index (χ3v) is 4.03. The minimum atomic E-state index is -0.399. The Hall–Kier alpha value is -1.75. The molecule has 1 N–H and O–H groups in total. The third-order valence-electron chi connectivity index (χ3n) is 3.01. The van der Waals surface area contributed by atoms with Gasteiger partial charge in [0.05, 0.1) is 15.1 Å². The molecule has 0 bridgehead atoms. The zero-order valence-corrected chi connectivity index (χ0v) is 15.1. The minimum Gasteiger partial charge on any atom is -0.482 e. The number of carbonyl (C=O) groups is 1. The molecule has 2 rings (SSSR count). The number of rotatable bonds is 6. The first-order valence-corrected chi connectivity index (χ1v) is 8.22. The van der Waals surface area contributed by atoms with Crippen molar-refractivity contribution < 1.29 is 9.53 Å². The molecule has 0 spiro atoms. The van der Waals surface area contributed by atoms with E-state index in [-0.39, 0.29) is 17.4 Å². The lowest BCUT2D eigenvalue weighted by Gasteiger charge is -2.08. The number of nitrogens with one attached hydrogen (secondary N) is 1. The van der Waals surface area contributed by atoms with Gasteiger partial charge in [0.15, 0.2) is 6.61 Å². The topological polar surface area (TPSA) is 50.7 Å². The van der Waals surface area contributed by atoms with E-state index in [9.17, 15) is 4.79 Å². The van der Waals surface area contributed by atoms with E-state index in [1.165, 1.54) is 12.1 Å². The molecule has 4 nitrogen and oxygen atoms in total. The van der Waals surface area contributed by atoms with E-state index in [4.69, 9.17) is 39.5 Å². The van der Waals surface area contributed by atoms with Gasteiger partial charge in [-0.15, -0.1) is 0 Å². The van der Waals surface area contributed by atoms with Crippen LogP contribution in [0.25, 0.3) is 0 Å². The highest BCUT2D eigenvalue weighted by Crippen LogP contribution is 2.33. The number of carbonyl (C=O) groups excluding carboxylic acids is 1. The van der Waals surface area contributed by atoms with Gasteiger partial charge < -0.3 is 4.74 Å². The Labute approximate surface area is 155 Å². The van der Waals surface area contributed by atoms with Gasteiger partial charge in [0.2, 0.25) is 0 Å². The number of benzene rings is 2. The number of ether oxygens (including phenoxy) is 1. The number of nitrogens with zero attached hydrogens (tertiary/aromatic N) is 1. The van der Waals surface area contributed by atoms with Gasteiger partial charge >= 0.3 is 0 Å². The van der Waals surface area contributed by atoms with Crippen LogP contribution in [0.5, 0.6) is 5.75 Å². The highest BCUT2D eigenvalue weighted by molar-refractivity contribution is 6.43. The normalized spacial score (nSPS) is 11.2. The summed E-state index contributed by atoms with van der Waals surface area (Å²) in [5, 5.41) is 4.94. The van der Waals surface area contributed by atoms with E-state index in [1.807, 2.05) is 37.3 Å². The summed E-state index contributed by atoms with van der Waals surface area (Å²) in [6.45, 7) is 1.60. The van der Waals surface area contributed by atoms with Crippen LogP contribution in [0.3, 0.4) is 0 Å². The van der Waals surface area contributed by atoms with E-state index < -0.39 is 5.91 Å². The Bertz CT molecular complexity index is 749. The van der Waals surface area contributed by atoms with Gasteiger partial charge in [-0.3, -0.25) is 4.79 Å². The van der Waals surface area contributed by atoms with Crippen LogP contribution in [-0.2, 0) is 11.2 Å². The number of hydrogen-bond acceptors (Lipinski definition) is 3. The molecule has 0 aliphatic carbocycles. The van der Waals surface area contributed by atoms with Crippen molar-refractivity contribution in [2.75, 3.05) is 6.61 Å². The van der Waals surface area contributed by atoms with Crippen molar-refractivity contribution in [3.63, 3.8) is 0 Å². The molecule has 0 atom stereocenters. The van der Waals surface area contributed by atoms with Gasteiger partial charge in [0.1, 0.15) is 5.75 Å². The van der Waals surface area contributed by atoms with Crippen molar-refractivity contribution in [1.82, 2.24) is 5.43 Å². The molecule has 0 aliphatic heterocycles. The Morgan fingerprint density at radius 2 is 1.75 bits per heavy atom. The summed E-state index contributed by atoms with van der Waals surface area (Å²) in [5.41, 5.74) is 4.34. The summed E-state index contributed by atoms with van der Waals surface area (Å²) in [4.78, 5) is 11.8. The van der Waals surface area contributed by atoms with Crippen LogP contribution >= 0.6 is 34.8 Å². The lowest BCUT2D eigenvalue weighted by molar-refractivity contribution is -0.123. The zero-order valence-electron chi connectivity index (χ0n) is 12.9. The molecule has 126 valence electrons. The molecular weight excluding hydrogens is 371 g/mol. The highest BCUT2D eigenvalue weighted by atomic mass is 35.5. The Morgan fingerprint density at radius 3 is 2.46 bits per heavy atom. The number of hydrogen-bond donors (Lipinski definition) is 1. The fourth-order valence-electron chi connectivity index (χ4n) is 1.88. The molecule has 0 radical (unpaired) electrons. The van der Waals surface area contributed by atoms with Crippen LogP contribution in [0, 0.1) is 0 Å². The molecule has 0 saturated heterocycles. The van der Waals surface area contributed by atoms with Gasteiger partial charge in [-0.05, 0) is 18.6 Å². The summed E-state index contributed by atoms with van der Waals surface area (Å²) < 4.78 is 5.33. The molecular formula is C17H15Cl3N2O2. The average molecular weight is 386 g/mol. The van der Waals surface area contributed by atoms with Crippen LogP contribution in [0.2, 0.25) is 15.1 Å². The van der Waals surface area contributed by atoms with Crippen molar-refractivity contribution in [2.24, 2.45) is 5.10 Å². The maximum Gasteiger partial charge on any atom is 0.277 e. The maximum absolute atomic E-state index is 11.8. The van der Waals surface area contributed by atoms with E-state index in [0.717, 1.165) is 11.3 Å². The molecule has 2 aromatic rings. The van der Waals surface area contributed by atoms with Crippen LogP contribution in [0.1, 0.15) is 12.5 Å². The minimum absolute atomic E-state index is 0.236. The van der Waals surface area contributed by atoms with Crippen molar-refractivity contribution in [3.05, 3.63) is 63.1 Å². The fraction of sp³-hybridized carbons (Fsp3) is 0.176. The molecule has 2 aromatic carbocycles. The summed E-state index contributed by atoms with van der Waals surface area (Å²) in [5.74, 6) is -0.115. The van der Waals surface area contributed by atoms with Gasteiger partial charge in [0.25, 0.3) is 5.91 Å². The summed E-state index contributed by atoms with van der Waals surface area (Å²) in [6, 6.07) is 12.8. The van der Waals surface area contributed by atoms with Gasteiger partial charge in [0, 0.05) is 18.2 Å². The fourth-order valence-corrected chi connectivity index (χ4v) is 2.47. The number of hydrazone groups is 1. The molecule has 24 heavy (non-hydrogen) atoms. The average Bonchev–Trinajstić information content (AvgIpc) is 2.56. The molecule has 0 fully saturated rings. The first kappa shape index (κ1) is 18.6. The second-order valence-corrected chi connectivity index (χ2v) is 6.25. The molecule has 0 heterocycles. The smallest absolute Gasteiger partial charge is 0.277 e. The van der Waals surface area contributed by atoms with E-state index >= 15 is 0 Å². The number of amides is 1. The molecule has 1 amide bonds. The van der Waals surface area contributed by atoms with Crippen molar-refractivity contribution in [1.29, 1.82) is 0 Å². The Morgan fingerprint density at radius 1 is 1.08 bits per heavy atom. The predicted octanol–water partition coefficient (Wildman–Crippen LogP) is 4.76. The van der Waals surface area contributed by atoms with Crippen molar-refractivity contribution >= 4 is 46.4 Å². The van der Waals surface area contributed by atoms with Gasteiger partial charge in [-0.1, -0.05) is 65.1 Å². The summed E-state index contributed by atoms with van der Waals surface area (Å²) in [7, 11) is 0. The standard InChI is InChI=1S/C17H15Cl3N2O2/c1-11(7-12-5-3-2-4-6-12)21-22-17(23)10-24-16-9-14(19)13(18)8-15(16)20/h2-6,8-9H,7,10H2,1H3,(H,22,23). The lowest BCUT2D eigenvalue weighted by Crippen LogP contribution is -2.25. The highest BCUT2D eigenvalue weighted by Gasteiger charge is 2.09. The first-order chi connectivity index (χ1) is 11.5. The SMILES string of the molecule is CC(Cc1ccccc1)=NNC(=O)COc1cc(Cl)c(Cl)cc1Cl. The Balaban J connectivity index is 1.85. The summed E-state index contributed by atoms with van der Waals surface area (Å²) in [6.07, 6.45) is 0.653. The monoisotopic (exact) mass is 384 g/mol. The van der Waals surface area contributed by atoms with Crippen LogP contribution in [0.4, 0.5) is 0 Å². The second kappa shape index (κ2) is 8.92. The van der Waals surface area contributed by atoms with Crippen LogP contribution in [-0.4, -0.2) is 18.2 Å². The summed E-state index contributed by atoms with van der Waals surface area (Å²) >= 11 is 17.7. The maximum atomic E-state index is 11.8. The van der Waals surface area contributed by atoms with Gasteiger partial charge in [-0.25, -0.2) is 5.43 Å². The van der Waals surface area contributed by atoms with Crippen LogP contribution < -0.4 is 10.2 Å². The van der Waals surface area contributed by atoms with E-state index in [0.29, 0.717) is 16.5 Å². The Kier molecular flexibility index (Phi) is 6.91. The van der Waals surface area contributed by atoms with Crippen molar-refractivity contribution in [2.45, 2.75) is 13.3 Å². The molecule has 0 aliphatic rings. The molecule has 0 unspecified atom stereocenters. The molecule has 7 heteroatoms. The van der Waals surface area contributed by atoms with Crippen molar-refractivity contribution in [3.8, 4) is 5.75 Å². The first-order valence-electron chi connectivity index (χ1n) is 7.09. The van der Waals surface area contributed by atoms with Crippen LogP contribution in [0.15, 0.2) is 47.6 Å². The largest absolute Gasteiger partial charge is 0.482 e. The third kappa shape index (κ3) is 5.71. The number of halogens is 3. The molecule has 0 saturated carbocycles. The quantitative estimate of drug-likeness (QED) is 0.443. The van der Waals surface area contributed by atoms with E-state index in [2.05, 4.69) is 10.5 Å². The second-order valence-electron chi connectivity index (χ2n) is 5.03.